The van der Waals surface area contributed by atoms with Crippen molar-refractivity contribution in [3.8, 4) is 0 Å². The van der Waals surface area contributed by atoms with E-state index >= 15 is 0 Å². The second kappa shape index (κ2) is 4.36. The smallest absolute Gasteiger partial charge is 0 e. The largest absolute Gasteiger partial charge is 0.0620 e. The molecule has 20 heavy (non-hydrogen) atoms. The fourth-order valence-corrected chi connectivity index (χ4v) is 5.97. The van der Waals surface area contributed by atoms with E-state index in [0.29, 0.717) is 5.41 Å². The van der Waals surface area contributed by atoms with Gasteiger partial charge in [0.15, 0.2) is 0 Å². The van der Waals surface area contributed by atoms with E-state index in [9.17, 15) is 0 Å². The Balaban J connectivity index is 0.00000132. The quantitative estimate of drug-likeness (QED) is 0.564. The second-order valence-corrected chi connectivity index (χ2v) is 8.14. The molecule has 0 heterocycles. The van der Waals surface area contributed by atoms with Crippen LogP contribution in [-0.2, 0) is 6.42 Å². The normalized spacial score (nSPS) is 42.8. The first kappa shape index (κ1) is 12.9. The highest BCUT2D eigenvalue weighted by Crippen LogP contribution is 2.62. The van der Waals surface area contributed by atoms with Crippen LogP contribution in [0.15, 0.2) is 18.2 Å². The lowest BCUT2D eigenvalue weighted by Crippen LogP contribution is -2.41. The van der Waals surface area contributed by atoms with Crippen LogP contribution in [0.2, 0.25) is 0 Å². The molecule has 0 nitrogen and oxygen atoms in total. The van der Waals surface area contributed by atoms with E-state index in [2.05, 4.69) is 39.0 Å². The summed E-state index contributed by atoms with van der Waals surface area (Å²) < 4.78 is 0. The van der Waals surface area contributed by atoms with E-state index in [1.54, 1.807) is 11.1 Å². The molecule has 1 aromatic carbocycles. The molecule has 0 amide bonds. The van der Waals surface area contributed by atoms with Crippen molar-refractivity contribution in [1.82, 2.24) is 0 Å². The van der Waals surface area contributed by atoms with Crippen LogP contribution in [0.4, 0.5) is 0 Å². The third-order valence-corrected chi connectivity index (χ3v) is 7.36. The molecule has 0 saturated heterocycles. The number of hydrogen-bond acceptors (Lipinski definition) is 0. The lowest BCUT2D eigenvalue weighted by molar-refractivity contribution is 0.0337. The molecule has 0 N–H and O–H groups in total. The van der Waals surface area contributed by atoms with Gasteiger partial charge in [-0.1, -0.05) is 37.6 Å². The van der Waals surface area contributed by atoms with Crippen molar-refractivity contribution in [2.75, 3.05) is 0 Å². The minimum absolute atomic E-state index is 0. The zero-order valence-corrected chi connectivity index (χ0v) is 13.3. The number of benzene rings is 1. The standard InChI is InChI=1S/C20H28.H2/c1-13-4-7-16-15(12-13)6-8-18-17(16)10-11-20(3)14(2)5-9-19(18)20;/h4,7,12,14,17-19H,5-6,8-11H2,1-3H3;1H/t14?,17?,18?,19?,20-;/m1./s1. The highest BCUT2D eigenvalue weighted by molar-refractivity contribution is 5.37. The molecule has 4 unspecified atom stereocenters. The lowest BCUT2D eigenvalue weighted by atomic mass is 9.54. The van der Waals surface area contributed by atoms with Crippen molar-refractivity contribution in [2.24, 2.45) is 23.2 Å². The molecule has 3 aliphatic rings. The molecule has 0 heteroatoms. The second-order valence-electron chi connectivity index (χ2n) is 8.14. The van der Waals surface area contributed by atoms with Crippen LogP contribution in [0.5, 0.6) is 0 Å². The Morgan fingerprint density at radius 3 is 2.85 bits per heavy atom. The summed E-state index contributed by atoms with van der Waals surface area (Å²) in [6.45, 7) is 7.36. The predicted octanol–water partition coefficient (Wildman–Crippen LogP) is 5.73. The van der Waals surface area contributed by atoms with E-state index in [1.807, 2.05) is 0 Å². The zero-order valence-electron chi connectivity index (χ0n) is 13.3. The van der Waals surface area contributed by atoms with Gasteiger partial charge in [-0.05, 0) is 85.7 Å². The summed E-state index contributed by atoms with van der Waals surface area (Å²) >= 11 is 0. The van der Waals surface area contributed by atoms with E-state index in [4.69, 9.17) is 0 Å². The number of fused-ring (bicyclic) bond motifs is 5. The van der Waals surface area contributed by atoms with Gasteiger partial charge >= 0.3 is 0 Å². The minimum Gasteiger partial charge on any atom is -0.0620 e. The minimum atomic E-state index is 0. The molecule has 0 aliphatic heterocycles. The first-order valence-electron chi connectivity index (χ1n) is 8.69. The molecular formula is C20H30. The third-order valence-electron chi connectivity index (χ3n) is 7.36. The first-order valence-corrected chi connectivity index (χ1v) is 8.69. The molecule has 0 radical (unpaired) electrons. The summed E-state index contributed by atoms with van der Waals surface area (Å²) in [5.74, 6) is 3.81. The topological polar surface area (TPSA) is 0 Å². The molecule has 2 saturated carbocycles. The maximum atomic E-state index is 2.61. The molecule has 0 spiro atoms. The van der Waals surface area contributed by atoms with Gasteiger partial charge in [-0.3, -0.25) is 0 Å². The Labute approximate surface area is 125 Å². The molecule has 5 atom stereocenters. The van der Waals surface area contributed by atoms with Crippen LogP contribution in [0.3, 0.4) is 0 Å². The third kappa shape index (κ3) is 1.66. The molecule has 1 aromatic rings. The van der Waals surface area contributed by atoms with Crippen LogP contribution in [0.1, 0.15) is 70.0 Å². The first-order chi connectivity index (χ1) is 9.59. The van der Waals surface area contributed by atoms with E-state index in [0.717, 1.165) is 23.7 Å². The molecule has 110 valence electrons. The molecule has 2 fully saturated rings. The number of rotatable bonds is 0. The highest BCUT2D eigenvalue weighted by atomic mass is 14.6. The predicted molar refractivity (Wildman–Crippen MR) is 87.1 cm³/mol. The zero-order chi connectivity index (χ0) is 13.9. The Morgan fingerprint density at radius 2 is 2.00 bits per heavy atom. The van der Waals surface area contributed by atoms with Crippen LogP contribution in [-0.4, -0.2) is 0 Å². The van der Waals surface area contributed by atoms with Crippen molar-refractivity contribution in [3.05, 3.63) is 34.9 Å². The van der Waals surface area contributed by atoms with E-state index in [-0.39, 0.29) is 1.43 Å². The van der Waals surface area contributed by atoms with Gasteiger partial charge in [0.2, 0.25) is 0 Å². The van der Waals surface area contributed by atoms with Gasteiger partial charge in [-0.2, -0.15) is 0 Å². The van der Waals surface area contributed by atoms with Gasteiger partial charge in [-0.15, -0.1) is 0 Å². The van der Waals surface area contributed by atoms with Crippen LogP contribution >= 0.6 is 0 Å². The molecule has 0 aromatic heterocycles. The average Bonchev–Trinajstić information content (AvgIpc) is 2.74. The summed E-state index contributed by atoms with van der Waals surface area (Å²) in [4.78, 5) is 0. The fourth-order valence-electron chi connectivity index (χ4n) is 5.97. The van der Waals surface area contributed by atoms with Gasteiger partial charge in [0.05, 0.1) is 0 Å². The monoisotopic (exact) mass is 270 g/mol. The number of aryl methyl sites for hydroxylation is 2. The maximum absolute atomic E-state index is 2.61. The summed E-state index contributed by atoms with van der Waals surface area (Å²) in [6.07, 6.45) is 8.67. The lowest BCUT2D eigenvalue weighted by Gasteiger charge is -2.50. The fraction of sp³-hybridized carbons (Fsp3) is 0.700. The van der Waals surface area contributed by atoms with Crippen molar-refractivity contribution in [3.63, 3.8) is 0 Å². The number of hydrogen-bond donors (Lipinski definition) is 0. The Morgan fingerprint density at radius 1 is 1.15 bits per heavy atom. The van der Waals surface area contributed by atoms with Gasteiger partial charge < -0.3 is 0 Å². The maximum Gasteiger partial charge on any atom is 0 e. The molecule has 3 aliphatic carbocycles. The summed E-state index contributed by atoms with van der Waals surface area (Å²) in [5.41, 5.74) is 5.48. The van der Waals surface area contributed by atoms with Gasteiger partial charge in [0, 0.05) is 1.43 Å². The van der Waals surface area contributed by atoms with Crippen molar-refractivity contribution in [2.45, 2.75) is 65.2 Å². The summed E-state index contributed by atoms with van der Waals surface area (Å²) in [7, 11) is 0. The average molecular weight is 270 g/mol. The van der Waals surface area contributed by atoms with Gasteiger partial charge in [0.25, 0.3) is 0 Å². The van der Waals surface area contributed by atoms with Crippen LogP contribution in [0.25, 0.3) is 0 Å². The summed E-state index contributed by atoms with van der Waals surface area (Å²) in [5, 5.41) is 0. The van der Waals surface area contributed by atoms with Crippen LogP contribution in [0, 0.1) is 30.1 Å². The molecular weight excluding hydrogens is 240 g/mol. The Hall–Kier alpha value is -0.780. The van der Waals surface area contributed by atoms with Gasteiger partial charge in [0.1, 0.15) is 0 Å². The van der Waals surface area contributed by atoms with Crippen molar-refractivity contribution >= 4 is 0 Å². The molecule has 4 rings (SSSR count). The summed E-state index contributed by atoms with van der Waals surface area (Å²) in [6, 6.07) is 7.26. The SMILES string of the molecule is Cc1ccc2c(c1)CCC1C2CC[C@]2(C)C(C)CCC12.[HH]. The van der Waals surface area contributed by atoms with Crippen LogP contribution < -0.4 is 0 Å². The van der Waals surface area contributed by atoms with Gasteiger partial charge in [-0.25, -0.2) is 0 Å². The highest BCUT2D eigenvalue weighted by Gasteiger charge is 2.53. The van der Waals surface area contributed by atoms with Crippen molar-refractivity contribution in [1.29, 1.82) is 0 Å². The van der Waals surface area contributed by atoms with E-state index in [1.165, 1.54) is 44.1 Å². The Kier molecular flexibility index (Phi) is 2.81. The Bertz CT molecular complexity index is 535. The molecule has 0 bridgehead atoms. The van der Waals surface area contributed by atoms with Crippen molar-refractivity contribution < 1.29 is 1.43 Å². The van der Waals surface area contributed by atoms with E-state index < -0.39 is 0 Å².